The summed E-state index contributed by atoms with van der Waals surface area (Å²) in [7, 11) is 0. The topological polar surface area (TPSA) is 47.6 Å². The number of hydrogen-bond donors (Lipinski definition) is 1. The van der Waals surface area contributed by atoms with Crippen LogP contribution in [0.25, 0.3) is 0 Å². The molecule has 200 valence electrons. The van der Waals surface area contributed by atoms with E-state index < -0.39 is 10.9 Å². The number of ether oxygens (including phenoxy) is 2. The zero-order valence-electron chi connectivity index (χ0n) is 22.4. The van der Waals surface area contributed by atoms with Crippen molar-refractivity contribution < 1.29 is 14.3 Å². The van der Waals surface area contributed by atoms with Gasteiger partial charge in [-0.1, -0.05) is 0 Å². The van der Waals surface area contributed by atoms with E-state index in [-0.39, 0.29) is 12.2 Å². The molecular weight excluding hydrogens is 533 g/mol. The van der Waals surface area contributed by atoms with Crippen LogP contribution in [0.1, 0.15) is 71.6 Å². The van der Waals surface area contributed by atoms with Crippen molar-refractivity contribution in [2.45, 2.75) is 83.3 Å². The molecule has 36 heavy (non-hydrogen) atoms. The number of amides is 1. The Morgan fingerprint density at radius 1 is 0.944 bits per heavy atom. The quantitative estimate of drug-likeness (QED) is 0.197. The van der Waals surface area contributed by atoms with Gasteiger partial charge in [-0.05, 0) is 26.7 Å². The van der Waals surface area contributed by atoms with E-state index in [2.05, 4.69) is 88.1 Å². The van der Waals surface area contributed by atoms with Gasteiger partial charge in [-0.3, -0.25) is 0 Å². The molecule has 0 aromatic heterocycles. The van der Waals surface area contributed by atoms with E-state index in [4.69, 9.17) is 9.47 Å². The number of hydrogen-bond acceptors (Lipinski definition) is 3. The van der Waals surface area contributed by atoms with E-state index in [0.717, 1.165) is 32.3 Å². The Labute approximate surface area is 226 Å². The second kappa shape index (κ2) is 13.4. The molecule has 1 aliphatic rings. The molecular formula is C30H45BrNO3P. The summed E-state index contributed by atoms with van der Waals surface area (Å²) in [6.45, 7) is 7.86. The van der Waals surface area contributed by atoms with Crippen LogP contribution in [-0.4, -0.2) is 43.8 Å². The summed E-state index contributed by atoms with van der Waals surface area (Å²) in [5, 5.41) is 3.41. The van der Waals surface area contributed by atoms with Gasteiger partial charge in [0.2, 0.25) is 0 Å². The van der Waals surface area contributed by atoms with Crippen LogP contribution in [0.4, 0.5) is 4.79 Å². The minimum atomic E-state index is -2.37. The summed E-state index contributed by atoms with van der Waals surface area (Å²) in [5.74, 6) is 0. The van der Waals surface area contributed by atoms with Crippen LogP contribution in [0.3, 0.4) is 0 Å². The van der Waals surface area contributed by atoms with Crippen LogP contribution in [0, 0.1) is 0 Å². The molecule has 1 atom stereocenters. The number of benzene rings is 2. The normalized spacial score (nSPS) is 18.7. The Hall–Kier alpha value is -1.42. The molecule has 1 unspecified atom stereocenters. The van der Waals surface area contributed by atoms with Gasteiger partial charge in [0, 0.05) is 6.61 Å². The molecule has 1 aliphatic heterocycles. The van der Waals surface area contributed by atoms with Crippen molar-refractivity contribution >= 4 is 37.5 Å². The van der Waals surface area contributed by atoms with E-state index in [1.807, 2.05) is 13.8 Å². The third-order valence-corrected chi connectivity index (χ3v) is 15.8. The van der Waals surface area contributed by atoms with Crippen LogP contribution >= 0.6 is 20.8 Å². The Morgan fingerprint density at radius 3 is 2.03 bits per heavy atom. The van der Waals surface area contributed by atoms with Gasteiger partial charge in [-0.15, -0.1) is 0 Å². The fourth-order valence-corrected chi connectivity index (χ4v) is 11.0. The van der Waals surface area contributed by atoms with Gasteiger partial charge in [-0.2, -0.15) is 0 Å². The van der Waals surface area contributed by atoms with E-state index in [9.17, 15) is 4.79 Å². The van der Waals surface area contributed by atoms with Crippen molar-refractivity contribution in [2.24, 2.45) is 0 Å². The molecule has 1 N–H and O–H groups in total. The van der Waals surface area contributed by atoms with E-state index in [1.54, 1.807) is 0 Å². The number of carbonyl (C=O) groups is 1. The molecule has 2 aromatic rings. The van der Waals surface area contributed by atoms with E-state index in [1.165, 1.54) is 48.9 Å². The van der Waals surface area contributed by atoms with Gasteiger partial charge in [0.1, 0.15) is 6.10 Å². The first kappa shape index (κ1) is 29.1. The van der Waals surface area contributed by atoms with Crippen LogP contribution in [0.2, 0.25) is 0 Å². The van der Waals surface area contributed by atoms with Gasteiger partial charge >= 0.3 is 177 Å². The first-order chi connectivity index (χ1) is 17.2. The molecule has 2 aromatic carbocycles. The Balaban J connectivity index is 1.31. The summed E-state index contributed by atoms with van der Waals surface area (Å²) in [5.41, 5.74) is -0.397. The number of halogens is 1. The van der Waals surface area contributed by atoms with Gasteiger partial charge in [0.15, 0.2) is 0 Å². The number of carbonyl (C=O) groups excluding carboxylic acids is 1. The molecule has 4 nitrogen and oxygen atoms in total. The maximum atomic E-state index is 12.1. The number of rotatable bonds is 13. The predicted octanol–water partition coefficient (Wildman–Crippen LogP) is 7.54. The van der Waals surface area contributed by atoms with Crippen LogP contribution in [-0.2, 0) is 9.47 Å². The molecule has 3 rings (SSSR count). The summed E-state index contributed by atoms with van der Waals surface area (Å²) in [6, 6.07) is 22.0. The molecule has 0 saturated carbocycles. The van der Waals surface area contributed by atoms with Crippen LogP contribution < -0.4 is 15.9 Å². The number of unbranched alkanes of at least 4 members (excludes halogenated alkanes) is 6. The van der Waals surface area contributed by atoms with Gasteiger partial charge in [0.25, 0.3) is 0 Å². The summed E-state index contributed by atoms with van der Waals surface area (Å²) in [6.07, 6.45) is 10.8. The standard InChI is InChI=1S/C30H45BrNO3P/c1-30(2)28(22-17-24-34-30)35-29(33)32-23-15-7-5-4-6-8-16-25-36(3,31,26-18-11-9-12-19-26)27-20-13-10-14-21-27/h9-14,18-21,28H,4-8,15-17,22-25H2,1-3H3,(H,32,33). The maximum absolute atomic E-state index is 12.1. The van der Waals surface area contributed by atoms with Crippen molar-refractivity contribution in [1.29, 1.82) is 0 Å². The molecule has 0 radical (unpaired) electrons. The fourth-order valence-electron chi connectivity index (χ4n) is 5.14. The van der Waals surface area contributed by atoms with Crippen molar-refractivity contribution in [1.82, 2.24) is 5.32 Å². The van der Waals surface area contributed by atoms with E-state index >= 15 is 0 Å². The van der Waals surface area contributed by atoms with Crippen molar-refractivity contribution in [3.05, 3.63) is 60.7 Å². The van der Waals surface area contributed by atoms with Gasteiger partial charge in [0.05, 0.1) is 5.60 Å². The second-order valence-corrected chi connectivity index (χ2v) is 21.5. The van der Waals surface area contributed by atoms with E-state index in [0.29, 0.717) is 6.54 Å². The average Bonchev–Trinajstić information content (AvgIpc) is 2.87. The summed E-state index contributed by atoms with van der Waals surface area (Å²) >= 11 is 4.35. The summed E-state index contributed by atoms with van der Waals surface area (Å²) in [4.78, 5) is 12.1. The Kier molecular flexibility index (Phi) is 10.8. The molecule has 1 fully saturated rings. The molecule has 0 spiro atoms. The van der Waals surface area contributed by atoms with Crippen LogP contribution in [0.15, 0.2) is 60.7 Å². The molecule has 0 aliphatic carbocycles. The van der Waals surface area contributed by atoms with Gasteiger partial charge < -0.3 is 4.74 Å². The van der Waals surface area contributed by atoms with Crippen molar-refractivity contribution in [3.8, 4) is 0 Å². The molecule has 6 heteroatoms. The van der Waals surface area contributed by atoms with Crippen molar-refractivity contribution in [2.75, 3.05) is 26.0 Å². The molecule has 0 bridgehead atoms. The average molecular weight is 579 g/mol. The first-order valence-corrected chi connectivity index (χ1v) is 18.5. The molecule has 1 amide bonds. The first-order valence-electron chi connectivity index (χ1n) is 13.6. The van der Waals surface area contributed by atoms with Gasteiger partial charge in [-0.25, -0.2) is 0 Å². The Morgan fingerprint density at radius 2 is 1.47 bits per heavy atom. The third-order valence-electron chi connectivity index (χ3n) is 7.59. The Bertz CT molecular complexity index is 892. The zero-order chi connectivity index (χ0) is 25.9. The fraction of sp³-hybridized carbons (Fsp3) is 0.567. The van der Waals surface area contributed by atoms with Crippen LogP contribution in [0.5, 0.6) is 0 Å². The zero-order valence-corrected chi connectivity index (χ0v) is 24.9. The molecule has 1 saturated heterocycles. The monoisotopic (exact) mass is 577 g/mol. The second-order valence-electron chi connectivity index (χ2n) is 10.9. The number of nitrogens with one attached hydrogen (secondary N) is 1. The summed E-state index contributed by atoms with van der Waals surface area (Å²) < 4.78 is 11.3. The number of alkyl carbamates (subject to hydrolysis) is 1. The third kappa shape index (κ3) is 8.04. The minimum absolute atomic E-state index is 0.168. The van der Waals surface area contributed by atoms with Crippen molar-refractivity contribution in [3.63, 3.8) is 0 Å². The molecule has 1 heterocycles. The SMILES string of the molecule is CC1(C)OCCCC1OC(=O)NCCCCCCCCCP(C)(Br)(c1ccccc1)c1ccccc1. The predicted molar refractivity (Wildman–Crippen MR) is 159 cm³/mol.